The van der Waals surface area contributed by atoms with Crippen LogP contribution in [0.4, 0.5) is 4.79 Å². The molecule has 1 fully saturated rings. The Hall–Kier alpha value is -2.70. The summed E-state index contributed by atoms with van der Waals surface area (Å²) in [6.45, 7) is 4.72. The van der Waals surface area contributed by atoms with E-state index < -0.39 is 5.72 Å². The Morgan fingerprint density at radius 2 is 2.28 bits per heavy atom. The largest absolute Gasteiger partial charge is 0.508 e. The maximum Gasteiger partial charge on any atom is 0.321 e. The van der Waals surface area contributed by atoms with Gasteiger partial charge < -0.3 is 15.2 Å². The number of aromatic nitrogens is 2. The molecule has 1 aromatic heterocycles. The minimum absolute atomic E-state index is 0.162. The molecule has 2 aliphatic rings. The topological polar surface area (TPSA) is 79.6 Å². The van der Waals surface area contributed by atoms with Gasteiger partial charge in [-0.2, -0.15) is 5.10 Å². The van der Waals surface area contributed by atoms with Crippen LogP contribution in [0.1, 0.15) is 37.4 Å². The van der Waals surface area contributed by atoms with E-state index in [0.717, 1.165) is 11.1 Å². The third kappa shape index (κ3) is 2.42. The van der Waals surface area contributed by atoms with Gasteiger partial charge in [-0.1, -0.05) is 13.8 Å². The monoisotopic (exact) mass is 342 g/mol. The smallest absolute Gasteiger partial charge is 0.321 e. The first-order chi connectivity index (χ1) is 11.9. The average Bonchev–Trinajstić information content (AvgIpc) is 2.99. The SMILES string of the molecule is CC(C)CN1C(=O)NC2CC1(c1cnn(C)c1)Oc1ccc(O)cc12. The number of carbonyl (C=O) groups excluding carboxylic acids is 1. The lowest BCUT2D eigenvalue weighted by Crippen LogP contribution is -2.64. The predicted octanol–water partition coefficient (Wildman–Crippen LogP) is 2.48. The molecule has 2 N–H and O–H groups in total. The van der Waals surface area contributed by atoms with E-state index in [1.807, 2.05) is 13.2 Å². The van der Waals surface area contributed by atoms with Gasteiger partial charge in [-0.25, -0.2) is 4.79 Å². The number of rotatable bonds is 3. The molecular weight excluding hydrogens is 320 g/mol. The second-order valence-electron chi connectivity index (χ2n) is 7.22. The van der Waals surface area contributed by atoms with Crippen LogP contribution in [0.25, 0.3) is 0 Å². The van der Waals surface area contributed by atoms with Crippen molar-refractivity contribution in [3.05, 3.63) is 41.7 Å². The highest BCUT2D eigenvalue weighted by Gasteiger charge is 2.54. The number of phenols is 1. The normalized spacial score (nSPS) is 24.7. The van der Waals surface area contributed by atoms with E-state index >= 15 is 0 Å². The van der Waals surface area contributed by atoms with E-state index in [4.69, 9.17) is 4.74 Å². The molecule has 132 valence electrons. The highest BCUT2D eigenvalue weighted by atomic mass is 16.5. The number of phenolic OH excluding ortho intramolecular Hbond substituents is 1. The zero-order valence-electron chi connectivity index (χ0n) is 14.6. The Bertz CT molecular complexity index is 831. The summed E-state index contributed by atoms with van der Waals surface area (Å²) >= 11 is 0. The summed E-state index contributed by atoms with van der Waals surface area (Å²) in [4.78, 5) is 14.6. The van der Waals surface area contributed by atoms with Gasteiger partial charge in [0.2, 0.25) is 5.72 Å². The Kier molecular flexibility index (Phi) is 3.42. The van der Waals surface area contributed by atoms with Gasteiger partial charge in [0, 0.05) is 31.8 Å². The Balaban J connectivity index is 1.88. The molecule has 1 aromatic carbocycles. The van der Waals surface area contributed by atoms with Crippen LogP contribution in [0.15, 0.2) is 30.6 Å². The summed E-state index contributed by atoms with van der Waals surface area (Å²) in [5.41, 5.74) is 0.765. The van der Waals surface area contributed by atoms with E-state index in [0.29, 0.717) is 24.6 Å². The molecular formula is C18H22N4O3. The molecule has 2 atom stereocenters. The second-order valence-corrected chi connectivity index (χ2v) is 7.22. The molecule has 2 aliphatic heterocycles. The van der Waals surface area contributed by atoms with Gasteiger partial charge in [-0.3, -0.25) is 9.58 Å². The van der Waals surface area contributed by atoms with Crippen molar-refractivity contribution in [2.24, 2.45) is 13.0 Å². The molecule has 0 spiro atoms. The fourth-order valence-electron chi connectivity index (χ4n) is 3.75. The van der Waals surface area contributed by atoms with Crippen LogP contribution in [-0.2, 0) is 12.8 Å². The lowest BCUT2D eigenvalue weighted by atomic mass is 9.85. The Morgan fingerprint density at radius 1 is 1.48 bits per heavy atom. The maximum atomic E-state index is 12.9. The number of hydrogen-bond acceptors (Lipinski definition) is 4. The van der Waals surface area contributed by atoms with Crippen LogP contribution in [0, 0.1) is 5.92 Å². The van der Waals surface area contributed by atoms with E-state index in [2.05, 4.69) is 24.3 Å². The summed E-state index contributed by atoms with van der Waals surface area (Å²) < 4.78 is 8.15. The minimum atomic E-state index is -0.893. The number of aromatic hydroxyl groups is 1. The highest BCUT2D eigenvalue weighted by molar-refractivity contribution is 5.78. The van der Waals surface area contributed by atoms with Crippen molar-refractivity contribution in [1.29, 1.82) is 0 Å². The van der Waals surface area contributed by atoms with Crippen LogP contribution in [0.5, 0.6) is 11.5 Å². The number of ether oxygens (including phenoxy) is 1. The number of benzene rings is 1. The number of hydrogen-bond donors (Lipinski definition) is 2. The van der Waals surface area contributed by atoms with Crippen LogP contribution < -0.4 is 10.1 Å². The van der Waals surface area contributed by atoms with E-state index in [1.165, 1.54) is 0 Å². The fraction of sp³-hybridized carbons (Fsp3) is 0.444. The van der Waals surface area contributed by atoms with Gasteiger partial charge in [-0.15, -0.1) is 0 Å². The van der Waals surface area contributed by atoms with Crippen molar-refractivity contribution < 1.29 is 14.6 Å². The molecule has 4 rings (SSSR count). The first-order valence-corrected chi connectivity index (χ1v) is 8.48. The lowest BCUT2D eigenvalue weighted by Gasteiger charge is -2.52. The van der Waals surface area contributed by atoms with Gasteiger partial charge in [0.15, 0.2) is 0 Å². The minimum Gasteiger partial charge on any atom is -0.508 e. The highest BCUT2D eigenvalue weighted by Crippen LogP contribution is 2.49. The fourth-order valence-corrected chi connectivity index (χ4v) is 3.75. The number of nitrogens with one attached hydrogen (secondary N) is 1. The van der Waals surface area contributed by atoms with Gasteiger partial charge in [0.05, 0.1) is 17.8 Å². The third-order valence-corrected chi connectivity index (χ3v) is 4.81. The van der Waals surface area contributed by atoms with Gasteiger partial charge in [-0.05, 0) is 24.1 Å². The first kappa shape index (κ1) is 15.8. The Labute approximate surface area is 146 Å². The molecule has 0 saturated carbocycles. The summed E-state index contributed by atoms with van der Waals surface area (Å²) in [5.74, 6) is 1.13. The second kappa shape index (κ2) is 5.40. The van der Waals surface area contributed by atoms with Crippen molar-refractivity contribution >= 4 is 6.03 Å². The van der Waals surface area contributed by atoms with Crippen LogP contribution in [-0.4, -0.2) is 32.4 Å². The average molecular weight is 342 g/mol. The number of carbonyl (C=O) groups is 1. The first-order valence-electron chi connectivity index (χ1n) is 8.48. The molecule has 0 aliphatic carbocycles. The lowest BCUT2D eigenvalue weighted by molar-refractivity contribution is -0.109. The van der Waals surface area contributed by atoms with Crippen LogP contribution >= 0.6 is 0 Å². The van der Waals surface area contributed by atoms with Crippen molar-refractivity contribution in [2.45, 2.75) is 32.0 Å². The molecule has 0 radical (unpaired) electrons. The zero-order valence-corrected chi connectivity index (χ0v) is 14.6. The van der Waals surface area contributed by atoms with Gasteiger partial charge >= 0.3 is 6.03 Å². The quantitative estimate of drug-likeness (QED) is 0.898. The van der Waals surface area contributed by atoms with Gasteiger partial charge in [0.1, 0.15) is 11.5 Å². The van der Waals surface area contributed by atoms with E-state index in [9.17, 15) is 9.90 Å². The third-order valence-electron chi connectivity index (χ3n) is 4.81. The number of fused-ring (bicyclic) bond motifs is 4. The van der Waals surface area contributed by atoms with Crippen LogP contribution in [0.2, 0.25) is 0 Å². The number of amides is 2. The summed E-state index contributed by atoms with van der Waals surface area (Å²) in [6, 6.07) is 4.64. The summed E-state index contributed by atoms with van der Waals surface area (Å²) in [5, 5.41) is 17.2. The van der Waals surface area contributed by atoms with Crippen molar-refractivity contribution in [2.75, 3.05) is 6.54 Å². The number of urea groups is 1. The molecule has 2 aromatic rings. The molecule has 7 nitrogen and oxygen atoms in total. The van der Waals surface area contributed by atoms with E-state index in [1.54, 1.807) is 34.0 Å². The molecule has 7 heteroatoms. The van der Waals surface area contributed by atoms with Crippen molar-refractivity contribution in [1.82, 2.24) is 20.0 Å². The standard InChI is InChI=1S/C18H22N4O3/c1-11(2)9-22-17(24)20-15-7-18(22,12-8-19-21(3)10-12)25-16-5-4-13(23)6-14(15)16/h4-6,8,10-11,15,23H,7,9H2,1-3H3,(H,20,24). The van der Waals surface area contributed by atoms with Gasteiger partial charge in [0.25, 0.3) is 0 Å². The molecule has 2 unspecified atom stereocenters. The molecule has 3 heterocycles. The summed E-state index contributed by atoms with van der Waals surface area (Å²) in [6.07, 6.45) is 4.22. The summed E-state index contributed by atoms with van der Waals surface area (Å²) in [7, 11) is 1.85. The van der Waals surface area contributed by atoms with Crippen LogP contribution in [0.3, 0.4) is 0 Å². The zero-order chi connectivity index (χ0) is 17.8. The van der Waals surface area contributed by atoms with Crippen molar-refractivity contribution in [3.8, 4) is 11.5 Å². The molecule has 1 saturated heterocycles. The van der Waals surface area contributed by atoms with Crippen molar-refractivity contribution in [3.63, 3.8) is 0 Å². The molecule has 2 bridgehead atoms. The number of aryl methyl sites for hydroxylation is 1. The number of nitrogens with zero attached hydrogens (tertiary/aromatic N) is 3. The molecule has 25 heavy (non-hydrogen) atoms. The predicted molar refractivity (Wildman–Crippen MR) is 91.1 cm³/mol. The van der Waals surface area contributed by atoms with E-state index in [-0.39, 0.29) is 17.8 Å². The maximum absolute atomic E-state index is 12.9. The molecule has 2 amide bonds. The Morgan fingerprint density at radius 3 is 2.96 bits per heavy atom.